The Morgan fingerprint density at radius 1 is 1.19 bits per heavy atom. The fourth-order valence-corrected chi connectivity index (χ4v) is 3.32. The monoisotopic (exact) mass is 371 g/mol. The van der Waals surface area contributed by atoms with Crippen molar-refractivity contribution in [2.24, 2.45) is 10.9 Å². The number of rotatable bonds is 12. The summed E-state index contributed by atoms with van der Waals surface area (Å²) >= 11 is 0. The lowest BCUT2D eigenvalue weighted by atomic mass is 10.1. The Labute approximate surface area is 158 Å². The summed E-state index contributed by atoms with van der Waals surface area (Å²) in [7, 11) is 1.70. The second kappa shape index (κ2) is 13.3. The molecule has 1 N–H and O–H groups in total. The molecule has 2 unspecified atom stereocenters. The van der Waals surface area contributed by atoms with Crippen molar-refractivity contribution in [2.45, 2.75) is 38.7 Å². The minimum absolute atomic E-state index is 0.309. The van der Waals surface area contributed by atoms with Crippen LogP contribution < -0.4 is 5.32 Å². The number of likely N-dealkylation sites (tertiary alicyclic amines) is 1. The number of ether oxygens (including phenoxy) is 4. The van der Waals surface area contributed by atoms with Crippen molar-refractivity contribution in [2.75, 3.05) is 72.9 Å². The van der Waals surface area contributed by atoms with E-state index in [-0.39, 0.29) is 0 Å². The Hall–Kier alpha value is -0.890. The Morgan fingerprint density at radius 3 is 2.85 bits per heavy atom. The van der Waals surface area contributed by atoms with E-state index in [1.54, 1.807) is 7.11 Å². The summed E-state index contributed by atoms with van der Waals surface area (Å²) in [5.41, 5.74) is 0. The van der Waals surface area contributed by atoms with Crippen LogP contribution in [0, 0.1) is 5.92 Å². The summed E-state index contributed by atoms with van der Waals surface area (Å²) in [5.74, 6) is 1.59. The third-order valence-electron chi connectivity index (χ3n) is 4.74. The van der Waals surface area contributed by atoms with E-state index in [1.165, 1.54) is 6.42 Å². The summed E-state index contributed by atoms with van der Waals surface area (Å²) in [5, 5.41) is 3.41. The molecule has 2 rings (SSSR count). The van der Waals surface area contributed by atoms with Gasteiger partial charge in [0.25, 0.3) is 0 Å². The van der Waals surface area contributed by atoms with Gasteiger partial charge in [-0.3, -0.25) is 4.99 Å². The number of methoxy groups -OCH3 is 1. The van der Waals surface area contributed by atoms with E-state index in [9.17, 15) is 0 Å². The normalized spacial score (nSPS) is 23.8. The highest BCUT2D eigenvalue weighted by molar-refractivity contribution is 5.80. The number of aliphatic imine (C=N–C) groups is 1. The fourth-order valence-electron chi connectivity index (χ4n) is 3.32. The highest BCUT2D eigenvalue weighted by atomic mass is 16.5. The molecule has 0 radical (unpaired) electrons. The molecule has 7 nitrogen and oxygen atoms in total. The van der Waals surface area contributed by atoms with Gasteiger partial charge in [0.2, 0.25) is 0 Å². The summed E-state index contributed by atoms with van der Waals surface area (Å²) in [6, 6.07) is 0. The van der Waals surface area contributed by atoms with Crippen LogP contribution in [-0.4, -0.2) is 89.9 Å². The van der Waals surface area contributed by atoms with Gasteiger partial charge in [0.1, 0.15) is 0 Å². The largest absolute Gasteiger partial charge is 0.382 e. The Balaban J connectivity index is 1.61. The van der Waals surface area contributed by atoms with E-state index < -0.39 is 0 Å². The van der Waals surface area contributed by atoms with Gasteiger partial charge in [0.05, 0.1) is 32.5 Å². The van der Waals surface area contributed by atoms with Gasteiger partial charge in [-0.1, -0.05) is 0 Å². The van der Waals surface area contributed by atoms with Gasteiger partial charge < -0.3 is 29.2 Å². The zero-order valence-electron chi connectivity index (χ0n) is 16.6. The topological polar surface area (TPSA) is 64.6 Å². The van der Waals surface area contributed by atoms with Gasteiger partial charge in [-0.2, -0.15) is 0 Å². The first-order chi connectivity index (χ1) is 12.8. The van der Waals surface area contributed by atoms with Gasteiger partial charge >= 0.3 is 0 Å². The molecule has 0 spiro atoms. The Bertz CT molecular complexity index is 389. The minimum atomic E-state index is 0.309. The summed E-state index contributed by atoms with van der Waals surface area (Å²) in [6.45, 7) is 10.3. The Morgan fingerprint density at radius 2 is 2.08 bits per heavy atom. The molecule has 0 saturated carbocycles. The van der Waals surface area contributed by atoms with Crippen molar-refractivity contribution in [3.63, 3.8) is 0 Å². The second-order valence-electron chi connectivity index (χ2n) is 6.97. The molecule has 0 amide bonds. The quantitative estimate of drug-likeness (QED) is 0.319. The van der Waals surface area contributed by atoms with Crippen LogP contribution in [0.2, 0.25) is 0 Å². The maximum atomic E-state index is 5.71. The van der Waals surface area contributed by atoms with Crippen LogP contribution in [0.25, 0.3) is 0 Å². The van der Waals surface area contributed by atoms with Gasteiger partial charge in [0.15, 0.2) is 5.96 Å². The zero-order valence-corrected chi connectivity index (χ0v) is 16.6. The first kappa shape index (κ1) is 21.4. The first-order valence-corrected chi connectivity index (χ1v) is 10.1. The molecule has 152 valence electrons. The van der Waals surface area contributed by atoms with E-state index in [1.807, 2.05) is 0 Å². The molecular weight excluding hydrogens is 334 g/mol. The maximum Gasteiger partial charge on any atom is 0.193 e. The molecule has 2 atom stereocenters. The number of guanidine groups is 1. The number of nitrogens with zero attached hydrogens (tertiary/aromatic N) is 2. The highest BCUT2D eigenvalue weighted by Gasteiger charge is 2.24. The lowest BCUT2D eigenvalue weighted by Crippen LogP contribution is -2.40. The van der Waals surface area contributed by atoms with E-state index in [4.69, 9.17) is 23.9 Å². The molecule has 0 aromatic heterocycles. The number of hydrogen-bond donors (Lipinski definition) is 1. The molecule has 0 aromatic rings. The van der Waals surface area contributed by atoms with Crippen molar-refractivity contribution < 1.29 is 18.9 Å². The predicted molar refractivity (Wildman–Crippen MR) is 103 cm³/mol. The molecule has 2 fully saturated rings. The molecule has 2 heterocycles. The van der Waals surface area contributed by atoms with Crippen molar-refractivity contribution in [1.29, 1.82) is 0 Å². The van der Waals surface area contributed by atoms with E-state index in [2.05, 4.69) is 17.1 Å². The minimum Gasteiger partial charge on any atom is -0.382 e. The zero-order chi connectivity index (χ0) is 18.5. The Kier molecular flexibility index (Phi) is 11.0. The van der Waals surface area contributed by atoms with Gasteiger partial charge in [-0.15, -0.1) is 0 Å². The van der Waals surface area contributed by atoms with E-state index in [0.29, 0.717) is 25.2 Å². The van der Waals surface area contributed by atoms with E-state index >= 15 is 0 Å². The van der Waals surface area contributed by atoms with Crippen molar-refractivity contribution >= 4 is 5.96 Å². The second-order valence-corrected chi connectivity index (χ2v) is 6.97. The molecule has 7 heteroatoms. The molecule has 0 bridgehead atoms. The van der Waals surface area contributed by atoms with Crippen LogP contribution in [-0.2, 0) is 18.9 Å². The van der Waals surface area contributed by atoms with E-state index in [0.717, 1.165) is 77.8 Å². The smallest absolute Gasteiger partial charge is 0.193 e. The lowest BCUT2D eigenvalue weighted by molar-refractivity contribution is 0.0170. The standard InChI is InChI=1S/C19H37N3O4/c1-3-20-19(21-8-5-10-24-16-18-6-4-11-26-18)22-9-7-17(14-22)15-25-13-12-23-2/h17-18H,3-16H2,1-2H3,(H,20,21). The maximum absolute atomic E-state index is 5.71. The van der Waals surface area contributed by atoms with Crippen LogP contribution in [0.1, 0.15) is 32.6 Å². The first-order valence-electron chi connectivity index (χ1n) is 10.1. The number of hydrogen-bond acceptors (Lipinski definition) is 5. The third-order valence-corrected chi connectivity index (χ3v) is 4.74. The molecule has 26 heavy (non-hydrogen) atoms. The van der Waals surface area contributed by atoms with Crippen LogP contribution in [0.4, 0.5) is 0 Å². The fraction of sp³-hybridized carbons (Fsp3) is 0.947. The van der Waals surface area contributed by atoms with Crippen molar-refractivity contribution in [3.8, 4) is 0 Å². The highest BCUT2D eigenvalue weighted by Crippen LogP contribution is 2.16. The van der Waals surface area contributed by atoms with Gasteiger partial charge in [-0.25, -0.2) is 0 Å². The average molecular weight is 372 g/mol. The van der Waals surface area contributed by atoms with Gasteiger partial charge in [0, 0.05) is 52.4 Å². The average Bonchev–Trinajstić information content (AvgIpc) is 3.32. The SMILES string of the molecule is CCNC(=NCCCOCC1CCCO1)N1CCC(COCCOC)C1. The van der Waals surface area contributed by atoms with Crippen LogP contribution in [0.5, 0.6) is 0 Å². The van der Waals surface area contributed by atoms with Crippen LogP contribution >= 0.6 is 0 Å². The van der Waals surface area contributed by atoms with Crippen molar-refractivity contribution in [3.05, 3.63) is 0 Å². The molecule has 0 aromatic carbocycles. The summed E-state index contributed by atoms with van der Waals surface area (Å²) in [4.78, 5) is 7.12. The molecular formula is C19H37N3O4. The van der Waals surface area contributed by atoms with Crippen LogP contribution in [0.3, 0.4) is 0 Å². The lowest BCUT2D eigenvalue weighted by Gasteiger charge is -2.21. The molecule has 2 aliphatic heterocycles. The molecule has 2 aliphatic rings. The summed E-state index contributed by atoms with van der Waals surface area (Å²) in [6.07, 6.45) is 4.71. The van der Waals surface area contributed by atoms with Crippen LogP contribution in [0.15, 0.2) is 4.99 Å². The summed E-state index contributed by atoms with van der Waals surface area (Å²) < 4.78 is 22.0. The molecule has 0 aliphatic carbocycles. The predicted octanol–water partition coefficient (Wildman–Crippen LogP) is 1.52. The number of nitrogens with one attached hydrogen (secondary N) is 1. The van der Waals surface area contributed by atoms with Crippen molar-refractivity contribution in [1.82, 2.24) is 10.2 Å². The molecule has 2 saturated heterocycles. The van der Waals surface area contributed by atoms with Gasteiger partial charge in [-0.05, 0) is 32.6 Å². The third kappa shape index (κ3) is 8.20.